The van der Waals surface area contributed by atoms with Crippen LogP contribution in [0.4, 0.5) is 4.79 Å². The van der Waals surface area contributed by atoms with Crippen molar-refractivity contribution in [3.63, 3.8) is 0 Å². The number of aromatic nitrogens is 1. The third kappa shape index (κ3) is 5.26. The third-order valence-corrected chi connectivity index (χ3v) is 6.28. The first-order valence-corrected chi connectivity index (χ1v) is 11.1. The summed E-state index contributed by atoms with van der Waals surface area (Å²) in [5, 5.41) is 3.13. The molecular formula is C23H26ClN5O3. The number of hydrogen-bond donors (Lipinski definition) is 1. The SMILES string of the molecule is O=C(C[C@H]1NC(=O)N(Cc2ccccc2Cl)C1=O)N1CCN(CCc2ccccn2)CC1. The Bertz CT molecular complexity index is 979. The molecule has 1 atom stereocenters. The average Bonchev–Trinajstić information content (AvgIpc) is 3.07. The topological polar surface area (TPSA) is 85.8 Å². The van der Waals surface area contributed by atoms with Crippen LogP contribution in [-0.2, 0) is 22.6 Å². The fourth-order valence-corrected chi connectivity index (χ4v) is 4.20. The molecule has 1 N–H and O–H groups in total. The van der Waals surface area contributed by atoms with Crippen LogP contribution in [0.1, 0.15) is 17.7 Å². The molecule has 168 valence electrons. The predicted molar refractivity (Wildman–Crippen MR) is 120 cm³/mol. The second-order valence-electron chi connectivity index (χ2n) is 8.02. The lowest BCUT2D eigenvalue weighted by Gasteiger charge is -2.35. The Morgan fingerprint density at radius 1 is 1.06 bits per heavy atom. The van der Waals surface area contributed by atoms with E-state index in [0.29, 0.717) is 23.7 Å². The molecule has 2 saturated heterocycles. The van der Waals surface area contributed by atoms with Crippen molar-refractivity contribution in [2.75, 3.05) is 32.7 Å². The summed E-state index contributed by atoms with van der Waals surface area (Å²) >= 11 is 6.15. The van der Waals surface area contributed by atoms with E-state index < -0.39 is 18.0 Å². The number of carbonyl (C=O) groups excluding carboxylic acids is 3. The monoisotopic (exact) mass is 455 g/mol. The van der Waals surface area contributed by atoms with Crippen LogP contribution in [0.15, 0.2) is 48.7 Å². The Morgan fingerprint density at radius 2 is 1.81 bits per heavy atom. The van der Waals surface area contributed by atoms with E-state index in [0.717, 1.165) is 36.6 Å². The molecule has 0 unspecified atom stereocenters. The van der Waals surface area contributed by atoms with Crippen LogP contribution in [0.5, 0.6) is 0 Å². The molecule has 4 amide bonds. The molecule has 3 heterocycles. The van der Waals surface area contributed by atoms with E-state index in [9.17, 15) is 14.4 Å². The smallest absolute Gasteiger partial charge is 0.325 e. The van der Waals surface area contributed by atoms with Crippen LogP contribution in [-0.4, -0.2) is 76.3 Å². The first-order valence-electron chi connectivity index (χ1n) is 10.8. The zero-order chi connectivity index (χ0) is 22.5. The summed E-state index contributed by atoms with van der Waals surface area (Å²) in [6.07, 6.45) is 2.64. The molecule has 0 bridgehead atoms. The molecule has 2 aromatic rings. The molecular weight excluding hydrogens is 430 g/mol. The Labute approximate surface area is 192 Å². The van der Waals surface area contributed by atoms with Gasteiger partial charge in [0.15, 0.2) is 0 Å². The zero-order valence-corrected chi connectivity index (χ0v) is 18.5. The van der Waals surface area contributed by atoms with Crippen molar-refractivity contribution in [3.05, 3.63) is 64.9 Å². The molecule has 8 nitrogen and oxygen atoms in total. The Balaban J connectivity index is 1.25. The summed E-state index contributed by atoms with van der Waals surface area (Å²) in [6.45, 7) is 3.76. The van der Waals surface area contributed by atoms with Crippen molar-refractivity contribution in [3.8, 4) is 0 Å². The van der Waals surface area contributed by atoms with Gasteiger partial charge in [0.1, 0.15) is 6.04 Å². The fraction of sp³-hybridized carbons (Fsp3) is 0.391. The standard InChI is InChI=1S/C23H26ClN5O3/c24-19-7-2-1-5-17(19)16-29-22(31)20(26-23(29)32)15-21(30)28-13-11-27(12-14-28)10-8-18-6-3-4-9-25-18/h1-7,9,20H,8,10-16H2,(H,26,32)/t20-/m1/s1. The molecule has 32 heavy (non-hydrogen) atoms. The molecule has 2 fully saturated rings. The average molecular weight is 456 g/mol. The van der Waals surface area contributed by atoms with Crippen molar-refractivity contribution in [2.45, 2.75) is 25.4 Å². The van der Waals surface area contributed by atoms with Crippen LogP contribution >= 0.6 is 11.6 Å². The lowest BCUT2D eigenvalue weighted by atomic mass is 10.1. The van der Waals surface area contributed by atoms with Gasteiger partial charge < -0.3 is 10.2 Å². The molecule has 0 aliphatic carbocycles. The number of pyridine rings is 1. The molecule has 1 aromatic heterocycles. The van der Waals surface area contributed by atoms with Gasteiger partial charge in [-0.1, -0.05) is 35.9 Å². The zero-order valence-electron chi connectivity index (χ0n) is 17.7. The van der Waals surface area contributed by atoms with E-state index in [4.69, 9.17) is 11.6 Å². The van der Waals surface area contributed by atoms with Gasteiger partial charge in [-0.15, -0.1) is 0 Å². The summed E-state index contributed by atoms with van der Waals surface area (Å²) in [4.78, 5) is 47.4. The van der Waals surface area contributed by atoms with Crippen LogP contribution in [0.3, 0.4) is 0 Å². The largest absolute Gasteiger partial charge is 0.340 e. The van der Waals surface area contributed by atoms with Crippen LogP contribution in [0.2, 0.25) is 5.02 Å². The van der Waals surface area contributed by atoms with Gasteiger partial charge in [-0.2, -0.15) is 0 Å². The third-order valence-electron chi connectivity index (χ3n) is 5.91. The van der Waals surface area contributed by atoms with Crippen molar-refractivity contribution in [1.82, 2.24) is 25.0 Å². The van der Waals surface area contributed by atoms with Gasteiger partial charge in [0, 0.05) is 56.1 Å². The van der Waals surface area contributed by atoms with Gasteiger partial charge in [-0.05, 0) is 23.8 Å². The summed E-state index contributed by atoms with van der Waals surface area (Å²) in [7, 11) is 0. The summed E-state index contributed by atoms with van der Waals surface area (Å²) in [5.74, 6) is -0.509. The molecule has 2 aliphatic heterocycles. The summed E-state index contributed by atoms with van der Waals surface area (Å²) < 4.78 is 0. The van der Waals surface area contributed by atoms with Crippen molar-refractivity contribution < 1.29 is 14.4 Å². The molecule has 0 radical (unpaired) electrons. The van der Waals surface area contributed by atoms with Gasteiger partial charge in [0.25, 0.3) is 5.91 Å². The Morgan fingerprint density at radius 3 is 2.53 bits per heavy atom. The maximum Gasteiger partial charge on any atom is 0.325 e. The highest BCUT2D eigenvalue weighted by atomic mass is 35.5. The number of nitrogens with zero attached hydrogens (tertiary/aromatic N) is 4. The number of halogens is 1. The van der Waals surface area contributed by atoms with Crippen molar-refractivity contribution in [1.29, 1.82) is 0 Å². The van der Waals surface area contributed by atoms with Gasteiger partial charge >= 0.3 is 6.03 Å². The maximum atomic E-state index is 12.8. The second-order valence-corrected chi connectivity index (χ2v) is 8.42. The number of nitrogens with one attached hydrogen (secondary N) is 1. The normalized spacial score (nSPS) is 19.3. The van der Waals surface area contributed by atoms with Gasteiger partial charge in [-0.25, -0.2) is 4.79 Å². The molecule has 2 aliphatic rings. The first-order chi connectivity index (χ1) is 15.5. The van der Waals surface area contributed by atoms with Crippen LogP contribution in [0, 0.1) is 0 Å². The van der Waals surface area contributed by atoms with Crippen LogP contribution < -0.4 is 5.32 Å². The summed E-state index contributed by atoms with van der Waals surface area (Å²) in [6, 6.07) is 11.7. The van der Waals surface area contributed by atoms with E-state index in [2.05, 4.69) is 15.2 Å². The molecule has 0 spiro atoms. The van der Waals surface area contributed by atoms with Gasteiger partial charge in [-0.3, -0.25) is 24.4 Å². The van der Waals surface area contributed by atoms with Crippen molar-refractivity contribution >= 4 is 29.4 Å². The highest BCUT2D eigenvalue weighted by Crippen LogP contribution is 2.20. The minimum Gasteiger partial charge on any atom is -0.340 e. The van der Waals surface area contributed by atoms with E-state index in [1.807, 2.05) is 18.2 Å². The van der Waals surface area contributed by atoms with E-state index in [-0.39, 0.29) is 18.9 Å². The number of piperazine rings is 1. The Hall–Kier alpha value is -2.97. The summed E-state index contributed by atoms with van der Waals surface area (Å²) in [5.41, 5.74) is 1.74. The number of imide groups is 1. The predicted octanol–water partition coefficient (Wildman–Crippen LogP) is 1.93. The van der Waals surface area contributed by atoms with E-state index in [1.165, 1.54) is 0 Å². The molecule has 0 saturated carbocycles. The lowest BCUT2D eigenvalue weighted by molar-refractivity contribution is -0.137. The van der Waals surface area contributed by atoms with E-state index in [1.54, 1.807) is 35.4 Å². The van der Waals surface area contributed by atoms with Gasteiger partial charge in [0.2, 0.25) is 5.91 Å². The Kier molecular flexibility index (Phi) is 7.02. The molecule has 9 heteroatoms. The van der Waals surface area contributed by atoms with E-state index >= 15 is 0 Å². The first kappa shape index (κ1) is 22.2. The van der Waals surface area contributed by atoms with Crippen LogP contribution in [0.25, 0.3) is 0 Å². The number of amides is 4. The minimum atomic E-state index is -0.834. The number of rotatable bonds is 7. The fourth-order valence-electron chi connectivity index (χ4n) is 4.01. The quantitative estimate of drug-likeness (QED) is 0.645. The van der Waals surface area contributed by atoms with Gasteiger partial charge in [0.05, 0.1) is 13.0 Å². The highest BCUT2D eigenvalue weighted by Gasteiger charge is 2.40. The lowest BCUT2D eigenvalue weighted by Crippen LogP contribution is -2.50. The minimum absolute atomic E-state index is 0.0302. The number of urea groups is 1. The number of carbonyl (C=O) groups is 3. The maximum absolute atomic E-state index is 12.8. The number of hydrogen-bond acceptors (Lipinski definition) is 5. The second kappa shape index (κ2) is 10.1. The molecule has 1 aromatic carbocycles. The highest BCUT2D eigenvalue weighted by molar-refractivity contribution is 6.31. The number of benzene rings is 1. The molecule has 4 rings (SSSR count). The van der Waals surface area contributed by atoms with Crippen molar-refractivity contribution in [2.24, 2.45) is 0 Å².